The number of carbonyl (C=O) groups is 1. The van der Waals surface area contributed by atoms with Crippen molar-refractivity contribution in [1.29, 1.82) is 0 Å². The predicted molar refractivity (Wildman–Crippen MR) is 80.4 cm³/mol. The summed E-state index contributed by atoms with van der Waals surface area (Å²) in [5.74, 6) is 0.624. The highest BCUT2D eigenvalue weighted by atomic mass is 32.1. The maximum atomic E-state index is 11.4. The van der Waals surface area contributed by atoms with Gasteiger partial charge in [-0.05, 0) is 46.6 Å². The Balaban J connectivity index is 1.95. The van der Waals surface area contributed by atoms with Crippen LogP contribution in [0.25, 0.3) is 0 Å². The summed E-state index contributed by atoms with van der Waals surface area (Å²) in [5.41, 5.74) is 3.10. The average molecular weight is 288 g/mol. The van der Waals surface area contributed by atoms with E-state index in [2.05, 4.69) is 34.4 Å². The summed E-state index contributed by atoms with van der Waals surface area (Å²) < 4.78 is 5.39. The van der Waals surface area contributed by atoms with Gasteiger partial charge in [-0.25, -0.2) is 0 Å². The maximum Gasteiger partial charge on any atom is 0.262 e. The fourth-order valence-electron chi connectivity index (χ4n) is 2.35. The van der Waals surface area contributed by atoms with Crippen LogP contribution >= 0.6 is 11.3 Å². The number of rotatable bonds is 4. The summed E-state index contributed by atoms with van der Waals surface area (Å²) in [6.45, 7) is 3.05. The normalized spacial score (nSPS) is 15.2. The summed E-state index contributed by atoms with van der Waals surface area (Å²) in [5, 5.41) is 10.5. The lowest BCUT2D eigenvalue weighted by Gasteiger charge is -2.22. The minimum atomic E-state index is -0.106. The molecule has 1 aliphatic heterocycles. The van der Waals surface area contributed by atoms with Crippen molar-refractivity contribution >= 4 is 22.9 Å². The molecule has 0 spiro atoms. The monoisotopic (exact) mass is 288 g/mol. The SMILES string of the molecule is CCNC(c1ccsc1)c1ccc2c(c1)NC(=O)CO2. The van der Waals surface area contributed by atoms with Gasteiger partial charge < -0.3 is 15.4 Å². The molecule has 0 saturated carbocycles. The third-order valence-corrected chi connectivity index (χ3v) is 3.96. The zero-order valence-electron chi connectivity index (χ0n) is 11.2. The summed E-state index contributed by atoms with van der Waals surface area (Å²) in [6, 6.07) is 8.20. The van der Waals surface area contributed by atoms with E-state index >= 15 is 0 Å². The second-order valence-corrected chi connectivity index (χ2v) is 5.42. The number of hydrogen-bond acceptors (Lipinski definition) is 4. The molecule has 1 amide bonds. The van der Waals surface area contributed by atoms with E-state index in [1.165, 1.54) is 5.56 Å². The summed E-state index contributed by atoms with van der Waals surface area (Å²) in [4.78, 5) is 11.4. The summed E-state index contributed by atoms with van der Waals surface area (Å²) >= 11 is 1.68. The topological polar surface area (TPSA) is 50.4 Å². The van der Waals surface area contributed by atoms with Crippen molar-refractivity contribution in [3.8, 4) is 5.75 Å². The largest absolute Gasteiger partial charge is 0.482 e. The van der Waals surface area contributed by atoms with Gasteiger partial charge in [0.2, 0.25) is 0 Å². The molecule has 1 aromatic heterocycles. The van der Waals surface area contributed by atoms with Gasteiger partial charge in [-0.3, -0.25) is 4.79 Å². The van der Waals surface area contributed by atoms with Crippen LogP contribution in [0.2, 0.25) is 0 Å². The predicted octanol–water partition coefficient (Wildman–Crippen LogP) is 2.78. The molecular weight excluding hydrogens is 272 g/mol. The molecule has 2 aromatic rings. The Morgan fingerprint density at radius 1 is 1.40 bits per heavy atom. The van der Waals surface area contributed by atoms with Crippen molar-refractivity contribution in [2.24, 2.45) is 0 Å². The second-order valence-electron chi connectivity index (χ2n) is 4.64. The van der Waals surface area contributed by atoms with Crippen LogP contribution in [0.3, 0.4) is 0 Å². The molecule has 0 radical (unpaired) electrons. The van der Waals surface area contributed by atoms with E-state index in [-0.39, 0.29) is 18.6 Å². The molecule has 1 aliphatic rings. The van der Waals surface area contributed by atoms with E-state index < -0.39 is 0 Å². The molecule has 104 valence electrons. The highest BCUT2D eigenvalue weighted by Gasteiger charge is 2.19. The molecule has 0 bridgehead atoms. The van der Waals surface area contributed by atoms with Crippen molar-refractivity contribution in [2.45, 2.75) is 13.0 Å². The molecule has 5 heteroatoms. The van der Waals surface area contributed by atoms with E-state index in [1.807, 2.05) is 18.2 Å². The Kier molecular flexibility index (Phi) is 3.71. The van der Waals surface area contributed by atoms with Gasteiger partial charge in [-0.2, -0.15) is 11.3 Å². The van der Waals surface area contributed by atoms with Crippen molar-refractivity contribution < 1.29 is 9.53 Å². The molecule has 2 N–H and O–H groups in total. The lowest BCUT2D eigenvalue weighted by molar-refractivity contribution is -0.118. The third-order valence-electron chi connectivity index (χ3n) is 3.25. The number of nitrogens with one attached hydrogen (secondary N) is 2. The zero-order valence-corrected chi connectivity index (χ0v) is 12.0. The molecule has 3 rings (SSSR count). The Labute approximate surface area is 121 Å². The Morgan fingerprint density at radius 2 is 2.30 bits per heavy atom. The lowest BCUT2D eigenvalue weighted by atomic mass is 10.00. The van der Waals surface area contributed by atoms with Crippen LogP contribution in [0, 0.1) is 0 Å². The van der Waals surface area contributed by atoms with Crippen molar-refractivity contribution in [3.63, 3.8) is 0 Å². The van der Waals surface area contributed by atoms with Crippen LogP contribution in [0.1, 0.15) is 24.1 Å². The van der Waals surface area contributed by atoms with Gasteiger partial charge in [0.1, 0.15) is 5.75 Å². The van der Waals surface area contributed by atoms with Crippen molar-refractivity contribution in [3.05, 3.63) is 46.2 Å². The average Bonchev–Trinajstić information content (AvgIpc) is 2.98. The highest BCUT2D eigenvalue weighted by Crippen LogP contribution is 2.33. The first-order valence-corrected chi connectivity index (χ1v) is 7.54. The van der Waals surface area contributed by atoms with Crippen LogP contribution < -0.4 is 15.4 Å². The number of fused-ring (bicyclic) bond motifs is 1. The highest BCUT2D eigenvalue weighted by molar-refractivity contribution is 7.08. The molecule has 4 nitrogen and oxygen atoms in total. The minimum Gasteiger partial charge on any atom is -0.482 e. The Bertz CT molecular complexity index is 610. The molecular formula is C15H16N2O2S. The fraction of sp³-hybridized carbons (Fsp3) is 0.267. The number of ether oxygens (including phenoxy) is 1. The standard InChI is InChI=1S/C15H16N2O2S/c1-2-16-15(11-5-6-20-9-11)10-3-4-13-12(7-10)17-14(18)8-19-13/h3-7,9,15-16H,2,8H2,1H3,(H,17,18). The molecule has 0 saturated heterocycles. The van der Waals surface area contributed by atoms with Gasteiger partial charge in [-0.1, -0.05) is 13.0 Å². The van der Waals surface area contributed by atoms with Gasteiger partial charge >= 0.3 is 0 Å². The number of anilines is 1. The lowest BCUT2D eigenvalue weighted by Crippen LogP contribution is -2.26. The number of carbonyl (C=O) groups excluding carboxylic acids is 1. The second kappa shape index (κ2) is 5.64. The van der Waals surface area contributed by atoms with E-state index in [0.717, 1.165) is 23.5 Å². The number of amides is 1. The van der Waals surface area contributed by atoms with E-state index in [0.29, 0.717) is 0 Å². The first-order chi connectivity index (χ1) is 9.78. The molecule has 1 aromatic carbocycles. The fourth-order valence-corrected chi connectivity index (χ4v) is 3.04. The van der Waals surface area contributed by atoms with Gasteiger partial charge in [0.25, 0.3) is 5.91 Å². The first-order valence-electron chi connectivity index (χ1n) is 6.60. The molecule has 1 unspecified atom stereocenters. The Morgan fingerprint density at radius 3 is 3.05 bits per heavy atom. The molecule has 20 heavy (non-hydrogen) atoms. The smallest absolute Gasteiger partial charge is 0.262 e. The number of hydrogen-bond donors (Lipinski definition) is 2. The quantitative estimate of drug-likeness (QED) is 0.909. The first kappa shape index (κ1) is 13.1. The molecule has 2 heterocycles. The summed E-state index contributed by atoms with van der Waals surface area (Å²) in [7, 11) is 0. The van der Waals surface area contributed by atoms with Gasteiger partial charge in [0.05, 0.1) is 11.7 Å². The van der Waals surface area contributed by atoms with E-state index in [9.17, 15) is 4.79 Å². The van der Waals surface area contributed by atoms with Gasteiger partial charge in [-0.15, -0.1) is 0 Å². The Hall–Kier alpha value is -1.85. The van der Waals surface area contributed by atoms with E-state index in [1.54, 1.807) is 11.3 Å². The third kappa shape index (κ3) is 2.55. The maximum absolute atomic E-state index is 11.4. The van der Waals surface area contributed by atoms with Crippen LogP contribution in [0.15, 0.2) is 35.0 Å². The minimum absolute atomic E-state index is 0.0908. The van der Waals surface area contributed by atoms with Crippen molar-refractivity contribution in [1.82, 2.24) is 5.32 Å². The van der Waals surface area contributed by atoms with Crippen LogP contribution in [0.5, 0.6) is 5.75 Å². The molecule has 0 fully saturated rings. The van der Waals surface area contributed by atoms with Crippen LogP contribution in [0.4, 0.5) is 5.69 Å². The molecule has 1 atom stereocenters. The van der Waals surface area contributed by atoms with Crippen molar-refractivity contribution in [2.75, 3.05) is 18.5 Å². The number of thiophene rings is 1. The van der Waals surface area contributed by atoms with Gasteiger partial charge in [0.15, 0.2) is 6.61 Å². The van der Waals surface area contributed by atoms with Gasteiger partial charge in [0, 0.05) is 0 Å². The molecule has 0 aliphatic carbocycles. The number of benzene rings is 1. The van der Waals surface area contributed by atoms with Crippen LogP contribution in [-0.2, 0) is 4.79 Å². The van der Waals surface area contributed by atoms with Crippen LogP contribution in [-0.4, -0.2) is 19.1 Å². The van der Waals surface area contributed by atoms with E-state index in [4.69, 9.17) is 4.74 Å². The zero-order chi connectivity index (χ0) is 13.9. The summed E-state index contributed by atoms with van der Waals surface area (Å²) in [6.07, 6.45) is 0.